The average molecular weight is 443 g/mol. The van der Waals surface area contributed by atoms with Crippen LogP contribution in [0.25, 0.3) is 10.8 Å². The van der Waals surface area contributed by atoms with Crippen LogP contribution in [0.3, 0.4) is 0 Å². The van der Waals surface area contributed by atoms with Gasteiger partial charge in [0.2, 0.25) is 15.9 Å². The van der Waals surface area contributed by atoms with Gasteiger partial charge in [0.1, 0.15) is 6.54 Å². The lowest BCUT2D eigenvalue weighted by Crippen LogP contribution is -2.41. The molecule has 0 fully saturated rings. The maximum absolute atomic E-state index is 12.8. The first kappa shape index (κ1) is 22.4. The maximum atomic E-state index is 12.8. The zero-order valence-electron chi connectivity index (χ0n) is 18.0. The van der Waals surface area contributed by atoms with Crippen molar-refractivity contribution >= 4 is 32.4 Å². The second-order valence-corrected chi connectivity index (χ2v) is 9.08. The van der Waals surface area contributed by atoms with E-state index in [1.54, 1.807) is 38.5 Å². The molecule has 0 spiro atoms. The summed E-state index contributed by atoms with van der Waals surface area (Å²) in [5.41, 5.74) is 1.27. The minimum atomic E-state index is -3.69. The lowest BCUT2D eigenvalue weighted by atomic mass is 10.1. The zero-order valence-corrected chi connectivity index (χ0v) is 18.8. The number of hydrogen-bond acceptors (Lipinski definition) is 5. The number of carbonyl (C=O) groups excluding carboxylic acids is 1. The molecular formula is C23H26N2O5S. The Labute approximate surface area is 182 Å². The largest absolute Gasteiger partial charge is 0.493 e. The van der Waals surface area contributed by atoms with Crippen LogP contribution in [0.4, 0.5) is 5.69 Å². The van der Waals surface area contributed by atoms with Crippen LogP contribution < -0.4 is 19.1 Å². The number of sulfonamides is 1. The van der Waals surface area contributed by atoms with E-state index in [4.69, 9.17) is 9.47 Å². The van der Waals surface area contributed by atoms with Gasteiger partial charge in [-0.15, -0.1) is 0 Å². The molecule has 0 aliphatic carbocycles. The van der Waals surface area contributed by atoms with E-state index in [9.17, 15) is 13.2 Å². The van der Waals surface area contributed by atoms with Crippen molar-refractivity contribution in [3.63, 3.8) is 0 Å². The summed E-state index contributed by atoms with van der Waals surface area (Å²) < 4.78 is 36.8. The molecule has 0 saturated carbocycles. The van der Waals surface area contributed by atoms with Crippen LogP contribution in [0.5, 0.6) is 11.5 Å². The highest BCUT2D eigenvalue weighted by atomic mass is 32.2. The lowest BCUT2D eigenvalue weighted by Gasteiger charge is -2.24. The first-order valence-electron chi connectivity index (χ1n) is 9.71. The van der Waals surface area contributed by atoms with Crippen LogP contribution in [-0.2, 0) is 14.8 Å². The molecule has 8 heteroatoms. The molecule has 3 rings (SSSR count). The molecule has 1 amide bonds. The standard InChI is InChI=1S/C23H26N2O5S/c1-16(18-12-13-21(29-2)22(14-18)30-3)24-23(26)15-25(31(4,27)28)20-11-7-9-17-8-5-6-10-19(17)20/h5-14,16H,15H2,1-4H3,(H,24,26)/t16-/m1/s1. The monoisotopic (exact) mass is 442 g/mol. The number of fused-ring (bicyclic) bond motifs is 1. The summed E-state index contributed by atoms with van der Waals surface area (Å²) in [4.78, 5) is 12.8. The molecule has 1 N–H and O–H groups in total. The zero-order chi connectivity index (χ0) is 22.6. The topological polar surface area (TPSA) is 84.9 Å². The van der Waals surface area contributed by atoms with Gasteiger partial charge in [0, 0.05) is 5.39 Å². The van der Waals surface area contributed by atoms with Crippen LogP contribution in [0.2, 0.25) is 0 Å². The predicted molar refractivity (Wildman–Crippen MR) is 122 cm³/mol. The molecule has 1 atom stereocenters. The lowest BCUT2D eigenvalue weighted by molar-refractivity contribution is -0.120. The molecule has 0 unspecified atom stereocenters. The molecule has 31 heavy (non-hydrogen) atoms. The fraction of sp³-hybridized carbons (Fsp3) is 0.261. The van der Waals surface area contributed by atoms with Gasteiger partial charge in [-0.25, -0.2) is 8.42 Å². The first-order chi connectivity index (χ1) is 14.7. The third-order valence-corrected chi connectivity index (χ3v) is 6.13. The Hall–Kier alpha value is -3.26. The molecule has 7 nitrogen and oxygen atoms in total. The predicted octanol–water partition coefficient (Wildman–Crippen LogP) is 3.50. The van der Waals surface area contributed by atoms with Crippen molar-refractivity contribution in [3.05, 3.63) is 66.2 Å². The van der Waals surface area contributed by atoms with Crippen molar-refractivity contribution in [2.45, 2.75) is 13.0 Å². The van der Waals surface area contributed by atoms with E-state index in [1.807, 2.05) is 43.3 Å². The molecule has 0 saturated heterocycles. The highest BCUT2D eigenvalue weighted by Gasteiger charge is 2.23. The van der Waals surface area contributed by atoms with Crippen molar-refractivity contribution in [1.82, 2.24) is 5.32 Å². The third kappa shape index (κ3) is 5.08. The number of rotatable bonds is 8. The molecule has 3 aromatic rings. The molecule has 0 aromatic heterocycles. The minimum absolute atomic E-state index is 0.329. The molecule has 3 aromatic carbocycles. The van der Waals surface area contributed by atoms with Crippen molar-refractivity contribution in [2.24, 2.45) is 0 Å². The minimum Gasteiger partial charge on any atom is -0.493 e. The van der Waals surface area contributed by atoms with Gasteiger partial charge in [-0.05, 0) is 36.1 Å². The number of hydrogen-bond donors (Lipinski definition) is 1. The van der Waals surface area contributed by atoms with Crippen molar-refractivity contribution in [3.8, 4) is 11.5 Å². The van der Waals surface area contributed by atoms with Crippen LogP contribution in [0.1, 0.15) is 18.5 Å². The number of nitrogens with one attached hydrogen (secondary N) is 1. The number of amides is 1. The van der Waals surface area contributed by atoms with Crippen molar-refractivity contribution in [1.29, 1.82) is 0 Å². The summed E-state index contributed by atoms with van der Waals surface area (Å²) >= 11 is 0. The quantitative estimate of drug-likeness (QED) is 0.577. The fourth-order valence-electron chi connectivity index (χ4n) is 3.43. The summed E-state index contributed by atoms with van der Waals surface area (Å²) in [6, 6.07) is 17.9. The van der Waals surface area contributed by atoms with E-state index < -0.39 is 15.9 Å². The Morgan fingerprint density at radius 2 is 1.68 bits per heavy atom. The second kappa shape index (κ2) is 9.26. The number of anilines is 1. The summed E-state index contributed by atoms with van der Waals surface area (Å²) in [7, 11) is -0.597. The van der Waals surface area contributed by atoms with Gasteiger partial charge in [0.25, 0.3) is 0 Å². The highest BCUT2D eigenvalue weighted by Crippen LogP contribution is 2.30. The highest BCUT2D eigenvalue weighted by molar-refractivity contribution is 7.92. The Balaban J connectivity index is 1.84. The molecule has 0 radical (unpaired) electrons. The number of benzene rings is 3. The second-order valence-electron chi connectivity index (χ2n) is 7.17. The SMILES string of the molecule is COc1ccc([C@@H](C)NC(=O)CN(c2cccc3ccccc23)S(C)(=O)=O)cc1OC. The number of methoxy groups -OCH3 is 2. The summed E-state index contributed by atoms with van der Waals surface area (Å²) in [6.07, 6.45) is 1.10. The normalized spacial score (nSPS) is 12.3. The maximum Gasteiger partial charge on any atom is 0.241 e. The first-order valence-corrected chi connectivity index (χ1v) is 11.6. The van der Waals surface area contributed by atoms with Gasteiger partial charge in [-0.2, -0.15) is 0 Å². The third-order valence-electron chi connectivity index (χ3n) is 5.01. The van der Waals surface area contributed by atoms with Gasteiger partial charge in [-0.3, -0.25) is 9.10 Å². The molecule has 0 aliphatic rings. The molecule has 164 valence electrons. The summed E-state index contributed by atoms with van der Waals surface area (Å²) in [5, 5.41) is 4.52. The smallest absolute Gasteiger partial charge is 0.241 e. The number of nitrogens with zero attached hydrogens (tertiary/aromatic N) is 1. The van der Waals surface area contributed by atoms with E-state index in [2.05, 4.69) is 5.32 Å². The Bertz CT molecular complexity index is 1190. The van der Waals surface area contributed by atoms with Crippen LogP contribution in [0, 0.1) is 0 Å². The molecule has 0 heterocycles. The molecule has 0 aliphatic heterocycles. The van der Waals surface area contributed by atoms with E-state index in [0.29, 0.717) is 17.2 Å². The fourth-order valence-corrected chi connectivity index (χ4v) is 4.30. The van der Waals surface area contributed by atoms with Gasteiger partial charge in [0.05, 0.1) is 32.2 Å². The van der Waals surface area contributed by atoms with Gasteiger partial charge < -0.3 is 14.8 Å². The van der Waals surface area contributed by atoms with E-state index in [1.165, 1.54) is 0 Å². The average Bonchev–Trinajstić information content (AvgIpc) is 2.75. The van der Waals surface area contributed by atoms with E-state index in [-0.39, 0.29) is 12.6 Å². The summed E-state index contributed by atoms with van der Waals surface area (Å²) in [5.74, 6) is 0.722. The van der Waals surface area contributed by atoms with Gasteiger partial charge in [-0.1, -0.05) is 42.5 Å². The van der Waals surface area contributed by atoms with Crippen molar-refractivity contribution < 1.29 is 22.7 Å². The Kier molecular flexibility index (Phi) is 6.70. The molecule has 0 bridgehead atoms. The number of carbonyl (C=O) groups is 1. The van der Waals surface area contributed by atoms with E-state index in [0.717, 1.165) is 26.9 Å². The van der Waals surface area contributed by atoms with Gasteiger partial charge >= 0.3 is 0 Å². The number of ether oxygens (including phenoxy) is 2. The Morgan fingerprint density at radius 1 is 1.00 bits per heavy atom. The van der Waals surface area contributed by atoms with Crippen LogP contribution >= 0.6 is 0 Å². The molecular weight excluding hydrogens is 416 g/mol. The van der Waals surface area contributed by atoms with Crippen LogP contribution in [-0.4, -0.2) is 41.3 Å². The van der Waals surface area contributed by atoms with E-state index >= 15 is 0 Å². The van der Waals surface area contributed by atoms with Gasteiger partial charge in [0.15, 0.2) is 11.5 Å². The Morgan fingerprint density at radius 3 is 2.35 bits per heavy atom. The summed E-state index contributed by atoms with van der Waals surface area (Å²) in [6.45, 7) is 1.49. The van der Waals surface area contributed by atoms with Crippen molar-refractivity contribution in [2.75, 3.05) is 31.3 Å². The van der Waals surface area contributed by atoms with Crippen LogP contribution in [0.15, 0.2) is 60.7 Å².